The van der Waals surface area contributed by atoms with E-state index in [9.17, 15) is 9.59 Å². The van der Waals surface area contributed by atoms with Crippen LogP contribution in [0.1, 0.15) is 41.5 Å². The van der Waals surface area contributed by atoms with Gasteiger partial charge in [-0.2, -0.15) is 4.98 Å². The van der Waals surface area contributed by atoms with E-state index in [2.05, 4.69) is 14.9 Å². The molecule has 2 unspecified atom stereocenters. The van der Waals surface area contributed by atoms with Gasteiger partial charge in [-0.15, -0.1) is 0 Å². The molecule has 0 spiro atoms. The summed E-state index contributed by atoms with van der Waals surface area (Å²) in [6.07, 6.45) is 1.67. The molecule has 12 heteroatoms. The maximum absolute atomic E-state index is 14.6. The fraction of sp³-hybridized carbons (Fsp3) is 0.387. The van der Waals surface area contributed by atoms with Crippen molar-refractivity contribution >= 4 is 41.0 Å². The van der Waals surface area contributed by atoms with Gasteiger partial charge in [0.2, 0.25) is 11.8 Å². The Balaban J connectivity index is 1.57. The van der Waals surface area contributed by atoms with Crippen LogP contribution in [0.25, 0.3) is 0 Å². The molecule has 2 aliphatic rings. The number of halogens is 2. The minimum atomic E-state index is -0.495. The number of carbonyl (C=O) groups is 2. The maximum Gasteiger partial charge on any atom is 0.326 e. The monoisotopic (exact) mass is 623 g/mol. The molecule has 3 aromatic rings. The number of amidine groups is 1. The fourth-order valence-electron chi connectivity index (χ4n) is 5.29. The van der Waals surface area contributed by atoms with Gasteiger partial charge < -0.3 is 14.5 Å². The number of aliphatic imine (C=N–C) groups is 1. The van der Waals surface area contributed by atoms with Crippen molar-refractivity contribution in [2.24, 2.45) is 4.99 Å². The third kappa shape index (κ3) is 6.76. The Bertz CT molecular complexity index is 1490. The highest BCUT2D eigenvalue weighted by atomic mass is 35.5. The highest BCUT2D eigenvalue weighted by molar-refractivity contribution is 6.30. The van der Waals surface area contributed by atoms with Crippen LogP contribution >= 0.6 is 23.2 Å². The van der Waals surface area contributed by atoms with Gasteiger partial charge in [0.25, 0.3) is 0 Å². The van der Waals surface area contributed by atoms with Gasteiger partial charge in [0.15, 0.2) is 0 Å². The SMILES string of the molecule is CCOc1nc(C)ncc1C1=NC(c2ccc(Cl)cc2)C(c2ccc(Cl)cc2)N1C(=O)N1CCN(CC(=O)N(C)C)CC1. The van der Waals surface area contributed by atoms with Crippen LogP contribution in [0.3, 0.4) is 0 Å². The van der Waals surface area contributed by atoms with E-state index in [1.165, 1.54) is 0 Å². The standard InChI is InChI=1S/C31H35Cl2N7O3/c1-5-43-30-25(18-34-20(2)35-30)29-36-27(21-6-10-23(32)11-7-21)28(22-8-12-24(33)13-9-22)40(29)31(42)39-16-14-38(15-17-39)19-26(41)37(3)4/h6-13,18,27-28H,5,14-17,19H2,1-4H3. The fourth-order valence-corrected chi connectivity index (χ4v) is 5.54. The van der Waals surface area contributed by atoms with Crippen molar-refractivity contribution < 1.29 is 14.3 Å². The molecule has 3 heterocycles. The number of benzene rings is 2. The zero-order valence-corrected chi connectivity index (χ0v) is 26.2. The molecule has 0 N–H and O–H groups in total. The Labute approximate surface area is 261 Å². The molecule has 0 aliphatic carbocycles. The molecule has 0 saturated carbocycles. The average Bonchev–Trinajstić information content (AvgIpc) is 3.38. The summed E-state index contributed by atoms with van der Waals surface area (Å²) in [4.78, 5) is 48.2. The Hall–Kier alpha value is -3.73. The number of rotatable bonds is 7. The molecule has 1 saturated heterocycles. The second-order valence-electron chi connectivity index (χ2n) is 10.7. The molecule has 5 rings (SSSR count). The molecule has 1 fully saturated rings. The second-order valence-corrected chi connectivity index (χ2v) is 11.6. The van der Waals surface area contributed by atoms with Gasteiger partial charge in [-0.1, -0.05) is 47.5 Å². The summed E-state index contributed by atoms with van der Waals surface area (Å²) in [5.41, 5.74) is 2.30. The quantitative estimate of drug-likeness (QED) is 0.373. The molecule has 0 radical (unpaired) electrons. The number of aryl methyl sites for hydroxylation is 1. The summed E-state index contributed by atoms with van der Waals surface area (Å²) in [5.74, 6) is 1.38. The van der Waals surface area contributed by atoms with Crippen molar-refractivity contribution in [3.05, 3.63) is 87.3 Å². The van der Waals surface area contributed by atoms with Crippen LogP contribution in [0.2, 0.25) is 10.0 Å². The number of hydrogen-bond acceptors (Lipinski definition) is 7. The summed E-state index contributed by atoms with van der Waals surface area (Å²) in [6.45, 7) is 6.46. The van der Waals surface area contributed by atoms with E-state index >= 15 is 0 Å². The number of likely N-dealkylation sites (N-methyl/N-ethyl adjacent to an activating group) is 1. The summed E-state index contributed by atoms with van der Waals surface area (Å²) < 4.78 is 5.93. The lowest BCUT2D eigenvalue weighted by molar-refractivity contribution is -0.130. The number of amides is 3. The summed E-state index contributed by atoms with van der Waals surface area (Å²) in [6, 6.07) is 13.8. The van der Waals surface area contributed by atoms with Crippen LogP contribution < -0.4 is 4.74 Å². The van der Waals surface area contributed by atoms with E-state index in [4.69, 9.17) is 32.9 Å². The molecule has 10 nitrogen and oxygen atoms in total. The molecule has 43 heavy (non-hydrogen) atoms. The third-order valence-corrected chi connectivity index (χ3v) is 8.10. The predicted octanol–water partition coefficient (Wildman–Crippen LogP) is 4.86. The number of nitrogens with zero attached hydrogens (tertiary/aromatic N) is 7. The second kappa shape index (κ2) is 13.3. The van der Waals surface area contributed by atoms with Crippen molar-refractivity contribution in [2.45, 2.75) is 25.9 Å². The molecule has 226 valence electrons. The Morgan fingerprint density at radius 3 is 2.14 bits per heavy atom. The zero-order valence-electron chi connectivity index (χ0n) is 24.7. The Morgan fingerprint density at radius 2 is 1.56 bits per heavy atom. The van der Waals surface area contributed by atoms with E-state index in [-0.39, 0.29) is 11.9 Å². The van der Waals surface area contributed by atoms with Gasteiger partial charge in [-0.05, 0) is 49.2 Å². The number of urea groups is 1. The third-order valence-electron chi connectivity index (χ3n) is 7.59. The van der Waals surface area contributed by atoms with Crippen LogP contribution in [-0.2, 0) is 4.79 Å². The van der Waals surface area contributed by atoms with Gasteiger partial charge in [0, 0.05) is 56.5 Å². The largest absolute Gasteiger partial charge is 0.477 e. The minimum Gasteiger partial charge on any atom is -0.477 e. The molecule has 3 amide bonds. The normalized spacial score (nSPS) is 18.9. The minimum absolute atomic E-state index is 0.0326. The van der Waals surface area contributed by atoms with Gasteiger partial charge in [0.1, 0.15) is 17.7 Å². The molecule has 2 aromatic carbocycles. The first-order valence-corrected chi connectivity index (χ1v) is 15.0. The molecular weight excluding hydrogens is 589 g/mol. The van der Waals surface area contributed by atoms with Crippen molar-refractivity contribution in [1.82, 2.24) is 29.6 Å². The van der Waals surface area contributed by atoms with Gasteiger partial charge in [-0.25, -0.2) is 9.78 Å². The van der Waals surface area contributed by atoms with Crippen molar-refractivity contribution in [2.75, 3.05) is 53.4 Å². The van der Waals surface area contributed by atoms with Crippen molar-refractivity contribution in [3.63, 3.8) is 0 Å². The van der Waals surface area contributed by atoms with Gasteiger partial charge in [0.05, 0.1) is 24.8 Å². The van der Waals surface area contributed by atoms with Gasteiger partial charge >= 0.3 is 6.03 Å². The van der Waals surface area contributed by atoms with E-state index < -0.39 is 12.1 Å². The highest BCUT2D eigenvalue weighted by Gasteiger charge is 2.45. The molecule has 1 aromatic heterocycles. The van der Waals surface area contributed by atoms with Crippen molar-refractivity contribution in [3.8, 4) is 5.88 Å². The van der Waals surface area contributed by atoms with E-state index in [0.717, 1.165) is 11.1 Å². The Kier molecular flexibility index (Phi) is 9.49. The first kappa shape index (κ1) is 30.7. The molecule has 2 atom stereocenters. The van der Waals surface area contributed by atoms with E-state index in [1.807, 2.05) is 60.4 Å². The number of piperazine rings is 1. The van der Waals surface area contributed by atoms with E-state index in [0.29, 0.717) is 72.5 Å². The van der Waals surface area contributed by atoms with E-state index in [1.54, 1.807) is 37.0 Å². The zero-order chi connectivity index (χ0) is 30.7. The van der Waals surface area contributed by atoms with Crippen LogP contribution in [0.4, 0.5) is 4.79 Å². The first-order valence-electron chi connectivity index (χ1n) is 14.2. The molecule has 0 bridgehead atoms. The smallest absolute Gasteiger partial charge is 0.326 e. The summed E-state index contributed by atoms with van der Waals surface area (Å²) >= 11 is 12.5. The van der Waals surface area contributed by atoms with Crippen LogP contribution in [0.5, 0.6) is 5.88 Å². The lowest BCUT2D eigenvalue weighted by atomic mass is 9.94. The Morgan fingerprint density at radius 1 is 0.953 bits per heavy atom. The maximum atomic E-state index is 14.6. The number of carbonyl (C=O) groups excluding carboxylic acids is 2. The van der Waals surface area contributed by atoms with Crippen LogP contribution in [0.15, 0.2) is 59.7 Å². The first-order chi connectivity index (χ1) is 20.7. The van der Waals surface area contributed by atoms with Crippen molar-refractivity contribution in [1.29, 1.82) is 0 Å². The predicted molar refractivity (Wildman–Crippen MR) is 167 cm³/mol. The highest BCUT2D eigenvalue weighted by Crippen LogP contribution is 2.45. The number of ether oxygens (including phenoxy) is 1. The molecule has 2 aliphatic heterocycles. The van der Waals surface area contributed by atoms with Crippen LogP contribution in [-0.4, -0.2) is 101 Å². The topological polar surface area (TPSA) is 94.5 Å². The number of aromatic nitrogens is 2. The lowest BCUT2D eigenvalue weighted by Crippen LogP contribution is -2.55. The molecular formula is C31H35Cl2N7O3. The summed E-state index contributed by atoms with van der Waals surface area (Å²) in [5, 5.41) is 1.20. The van der Waals surface area contributed by atoms with Crippen LogP contribution in [0, 0.1) is 6.92 Å². The number of hydrogen-bond donors (Lipinski definition) is 0. The summed E-state index contributed by atoms with van der Waals surface area (Å²) in [7, 11) is 3.49. The van der Waals surface area contributed by atoms with Gasteiger partial charge in [-0.3, -0.25) is 19.6 Å². The lowest BCUT2D eigenvalue weighted by Gasteiger charge is -2.39. The average molecular weight is 625 g/mol.